The maximum absolute atomic E-state index is 12.5. The highest BCUT2D eigenvalue weighted by Gasteiger charge is 2.14. The molecule has 0 unspecified atom stereocenters. The van der Waals surface area contributed by atoms with Gasteiger partial charge in [-0.3, -0.25) is 4.79 Å². The van der Waals surface area contributed by atoms with E-state index in [0.29, 0.717) is 29.4 Å². The van der Waals surface area contributed by atoms with Gasteiger partial charge in [-0.15, -0.1) is 0 Å². The van der Waals surface area contributed by atoms with Gasteiger partial charge in [0.15, 0.2) is 11.5 Å². The molecule has 0 bridgehead atoms. The Morgan fingerprint density at radius 1 is 1.32 bits per heavy atom. The number of amides is 1. The molecule has 0 atom stereocenters. The average Bonchev–Trinajstić information content (AvgIpc) is 2.71. The number of nitrogens with one attached hydrogen (secondary N) is 1. The number of halogens is 1. The molecule has 5 nitrogen and oxygen atoms in total. The largest absolute Gasteiger partial charge is 0.493 e. The second-order valence-electron chi connectivity index (χ2n) is 5.81. The van der Waals surface area contributed by atoms with Crippen molar-refractivity contribution in [3.63, 3.8) is 0 Å². The first-order valence-electron chi connectivity index (χ1n) is 8.65. The molecule has 0 saturated heterocycles. The van der Waals surface area contributed by atoms with E-state index >= 15 is 0 Å². The molecule has 0 aliphatic rings. The Morgan fingerprint density at radius 2 is 2.04 bits per heavy atom. The first kappa shape index (κ1) is 21.5. The summed E-state index contributed by atoms with van der Waals surface area (Å²) in [6.07, 6.45) is 4.09. The molecule has 0 spiro atoms. The first-order valence-corrected chi connectivity index (χ1v) is 9.73. The highest BCUT2D eigenvalue weighted by molar-refractivity contribution is 14.1. The average molecular weight is 488 g/mol. The van der Waals surface area contributed by atoms with Crippen LogP contribution in [0, 0.1) is 14.9 Å². The number of carbonyl (C=O) groups is 1. The molecule has 0 aliphatic heterocycles. The number of carbonyl (C=O) groups excluding carboxylic acids is 1. The van der Waals surface area contributed by atoms with E-state index in [4.69, 9.17) is 9.47 Å². The lowest BCUT2D eigenvalue weighted by Crippen LogP contribution is -2.13. The van der Waals surface area contributed by atoms with Gasteiger partial charge in [0.2, 0.25) is 0 Å². The van der Waals surface area contributed by atoms with Crippen LogP contribution in [0.3, 0.4) is 0 Å². The number of ether oxygens (including phenoxy) is 2. The topological polar surface area (TPSA) is 71.3 Å². The zero-order chi connectivity index (χ0) is 20.5. The van der Waals surface area contributed by atoms with Crippen molar-refractivity contribution in [2.45, 2.75) is 13.3 Å². The van der Waals surface area contributed by atoms with E-state index in [9.17, 15) is 10.1 Å². The fraction of sp³-hybridized carbons (Fsp3) is 0.182. The molecule has 0 aliphatic carbocycles. The van der Waals surface area contributed by atoms with Crippen molar-refractivity contribution in [2.75, 3.05) is 19.0 Å². The Morgan fingerprint density at radius 3 is 2.61 bits per heavy atom. The first-order chi connectivity index (χ1) is 13.5. The fourth-order valence-corrected chi connectivity index (χ4v) is 3.22. The summed E-state index contributed by atoms with van der Waals surface area (Å²) in [5.41, 5.74) is 2.48. The summed E-state index contributed by atoms with van der Waals surface area (Å²) in [7, 11) is 1.54. The fourth-order valence-electron chi connectivity index (χ4n) is 2.44. The van der Waals surface area contributed by atoms with Crippen LogP contribution in [0.15, 0.2) is 54.6 Å². The minimum atomic E-state index is -0.465. The number of anilines is 1. The van der Waals surface area contributed by atoms with E-state index in [1.165, 1.54) is 18.7 Å². The molecule has 6 heteroatoms. The highest BCUT2D eigenvalue weighted by atomic mass is 127. The molecule has 144 valence electrons. The molecule has 2 aromatic rings. The maximum atomic E-state index is 12.5. The van der Waals surface area contributed by atoms with E-state index in [1.54, 1.807) is 12.1 Å². The van der Waals surface area contributed by atoms with E-state index in [2.05, 4.69) is 41.4 Å². The molecule has 0 fully saturated rings. The Hall–Kier alpha value is -2.79. The lowest BCUT2D eigenvalue weighted by molar-refractivity contribution is -0.112. The van der Waals surface area contributed by atoms with E-state index in [0.717, 1.165) is 9.99 Å². The van der Waals surface area contributed by atoms with Gasteiger partial charge in [-0.1, -0.05) is 31.7 Å². The van der Waals surface area contributed by atoms with Crippen LogP contribution >= 0.6 is 22.6 Å². The summed E-state index contributed by atoms with van der Waals surface area (Å²) >= 11 is 2.12. The number of hydrogen-bond donors (Lipinski definition) is 1. The molecule has 0 heterocycles. The van der Waals surface area contributed by atoms with Crippen molar-refractivity contribution < 1.29 is 14.3 Å². The predicted octanol–water partition coefficient (Wildman–Crippen LogP) is 4.97. The van der Waals surface area contributed by atoms with Crippen molar-refractivity contribution >= 4 is 40.3 Å². The van der Waals surface area contributed by atoms with Crippen molar-refractivity contribution in [3.8, 4) is 17.6 Å². The Labute approximate surface area is 178 Å². The molecular weight excluding hydrogens is 467 g/mol. The molecule has 0 saturated carbocycles. The predicted molar refractivity (Wildman–Crippen MR) is 119 cm³/mol. The Bertz CT molecular complexity index is 928. The minimum absolute atomic E-state index is 0.00261. The summed E-state index contributed by atoms with van der Waals surface area (Å²) < 4.78 is 11.8. The van der Waals surface area contributed by atoms with Crippen molar-refractivity contribution in [3.05, 3.63) is 69.3 Å². The molecule has 2 aromatic carbocycles. The zero-order valence-corrected chi connectivity index (χ0v) is 17.9. The van der Waals surface area contributed by atoms with Gasteiger partial charge >= 0.3 is 0 Å². The smallest absolute Gasteiger partial charge is 0.266 e. The quantitative estimate of drug-likeness (QED) is 0.247. The standard InChI is InChI=1S/C22H21IN2O3/c1-4-10-28-21-19(23)12-16(13-20(21)27-3)11-17(14-24)22(26)25-18-8-6-15(5-2)7-9-18/h4,6-9,11-13H,1,5,10H2,2-3H3,(H,25,26)/b17-11-. The molecular formula is C22H21IN2O3. The van der Waals surface area contributed by atoms with Crippen LogP contribution in [0.1, 0.15) is 18.1 Å². The summed E-state index contributed by atoms with van der Waals surface area (Å²) in [6.45, 7) is 6.05. The normalized spacial score (nSPS) is 10.7. The van der Waals surface area contributed by atoms with Gasteiger partial charge < -0.3 is 14.8 Å². The summed E-state index contributed by atoms with van der Waals surface area (Å²) in [4.78, 5) is 12.5. The van der Waals surface area contributed by atoms with Gasteiger partial charge in [0, 0.05) is 5.69 Å². The lowest BCUT2D eigenvalue weighted by atomic mass is 10.1. The van der Waals surface area contributed by atoms with Gasteiger partial charge in [-0.05, 0) is 70.5 Å². The molecule has 1 amide bonds. The maximum Gasteiger partial charge on any atom is 0.266 e. The SMILES string of the molecule is C=CCOc1c(I)cc(/C=C(/C#N)C(=O)Nc2ccc(CC)cc2)cc1OC. The Balaban J connectivity index is 2.27. The molecule has 2 rings (SSSR count). The van der Waals surface area contributed by atoms with E-state index in [1.807, 2.05) is 36.4 Å². The molecule has 0 radical (unpaired) electrons. The Kier molecular flexibility index (Phi) is 8.08. The monoisotopic (exact) mass is 488 g/mol. The lowest BCUT2D eigenvalue weighted by Gasteiger charge is -2.12. The van der Waals surface area contributed by atoms with Crippen LogP contribution in [-0.4, -0.2) is 19.6 Å². The van der Waals surface area contributed by atoms with Gasteiger partial charge in [-0.2, -0.15) is 5.26 Å². The number of nitriles is 1. The van der Waals surface area contributed by atoms with Gasteiger partial charge in [0.05, 0.1) is 10.7 Å². The van der Waals surface area contributed by atoms with E-state index < -0.39 is 5.91 Å². The van der Waals surface area contributed by atoms with Crippen LogP contribution < -0.4 is 14.8 Å². The summed E-state index contributed by atoms with van der Waals surface area (Å²) in [5.74, 6) is 0.652. The van der Waals surface area contributed by atoms with Crippen LogP contribution in [0.2, 0.25) is 0 Å². The third kappa shape index (κ3) is 5.60. The number of hydrogen-bond acceptors (Lipinski definition) is 4. The van der Waals surface area contributed by atoms with Crippen molar-refractivity contribution in [1.82, 2.24) is 0 Å². The third-order valence-corrected chi connectivity index (χ3v) is 4.69. The van der Waals surface area contributed by atoms with Crippen LogP contribution in [0.4, 0.5) is 5.69 Å². The second kappa shape index (κ2) is 10.5. The number of rotatable bonds is 8. The van der Waals surface area contributed by atoms with Gasteiger partial charge in [0.1, 0.15) is 18.2 Å². The number of aryl methyl sites for hydroxylation is 1. The van der Waals surface area contributed by atoms with Crippen LogP contribution in [0.5, 0.6) is 11.5 Å². The summed E-state index contributed by atoms with van der Waals surface area (Å²) in [6, 6.07) is 13.0. The number of nitrogens with zero attached hydrogens (tertiary/aromatic N) is 1. The molecule has 0 aromatic heterocycles. The van der Waals surface area contributed by atoms with Crippen LogP contribution in [0.25, 0.3) is 6.08 Å². The van der Waals surface area contributed by atoms with Crippen LogP contribution in [-0.2, 0) is 11.2 Å². The third-order valence-electron chi connectivity index (χ3n) is 3.89. The second-order valence-corrected chi connectivity index (χ2v) is 6.97. The highest BCUT2D eigenvalue weighted by Crippen LogP contribution is 2.34. The van der Waals surface area contributed by atoms with Gasteiger partial charge in [0.25, 0.3) is 5.91 Å². The van der Waals surface area contributed by atoms with Crippen molar-refractivity contribution in [2.24, 2.45) is 0 Å². The van der Waals surface area contributed by atoms with Crippen molar-refractivity contribution in [1.29, 1.82) is 5.26 Å². The minimum Gasteiger partial charge on any atom is -0.493 e. The number of benzene rings is 2. The number of methoxy groups -OCH3 is 1. The molecule has 28 heavy (non-hydrogen) atoms. The zero-order valence-electron chi connectivity index (χ0n) is 15.8. The molecule has 1 N–H and O–H groups in total. The van der Waals surface area contributed by atoms with Gasteiger partial charge in [-0.25, -0.2) is 0 Å². The van der Waals surface area contributed by atoms with E-state index in [-0.39, 0.29) is 5.57 Å². The summed E-state index contributed by atoms with van der Waals surface area (Å²) in [5, 5.41) is 12.2.